The molecule has 4 aromatic heterocycles. The summed E-state index contributed by atoms with van der Waals surface area (Å²) < 4.78 is 0. The number of rotatable bonds is 16. The average Bonchev–Trinajstić information content (AvgIpc) is 3.25. The van der Waals surface area contributed by atoms with Gasteiger partial charge < -0.3 is 21.3 Å². The van der Waals surface area contributed by atoms with E-state index < -0.39 is 0 Å². The predicted octanol–water partition coefficient (Wildman–Crippen LogP) is 2.30. The Kier molecular flexibility index (Phi) is 18.0. The van der Waals surface area contributed by atoms with Crippen molar-refractivity contribution in [2.45, 2.75) is 51.9 Å². The number of aromatic nitrogens is 4. The second-order valence-corrected chi connectivity index (χ2v) is 15.4. The van der Waals surface area contributed by atoms with Crippen molar-refractivity contribution in [3.63, 3.8) is 0 Å². The van der Waals surface area contributed by atoms with Gasteiger partial charge in [-0.25, -0.2) is 0 Å². The maximum Gasteiger partial charge on any atom is 0.234 e. The average molecular weight is 821 g/mol. The lowest BCUT2D eigenvalue weighted by molar-refractivity contribution is -0.125. The van der Waals surface area contributed by atoms with Crippen LogP contribution in [0.4, 0.5) is 0 Å². The van der Waals surface area contributed by atoms with Gasteiger partial charge in [0.15, 0.2) is 0 Å². The molecular weight excluding hydrogens is 761 g/mol. The Balaban J connectivity index is 1.32. The first-order chi connectivity index (χ1) is 29.0. The van der Waals surface area contributed by atoms with E-state index in [1.165, 1.54) is 0 Å². The molecule has 0 spiro atoms. The van der Waals surface area contributed by atoms with Crippen molar-refractivity contribution in [1.29, 1.82) is 0 Å². The Morgan fingerprint density at radius 3 is 0.783 bits per heavy atom. The molecule has 5 heterocycles. The zero-order valence-corrected chi connectivity index (χ0v) is 35.2. The Hall–Kier alpha value is -5.68. The quantitative estimate of drug-likeness (QED) is 0.130. The molecular formula is C44H60N12O4. The molecule has 1 saturated heterocycles. The standard InChI is InChI=1S/C44H60N12O4/c1-33(37-9-5-13-45-25-37)49-41(57)29-53-17-19-54(30-42(58)50-34(2)38-10-6-14-46-26-38)21-23-56(32-44(60)52-36(4)40-12-8-16-48-28-40)24-22-55(20-18-53)31-43(59)51-35(3)39-11-7-15-47-27-39/h5-16,25-28,33-36H,17-24,29-32H2,1-4H3,(H,49,57)(H,50,58)(H,51,59)(H,52,60)/t33-,34-,35-,36-/m1/s1. The van der Waals surface area contributed by atoms with Gasteiger partial charge >= 0.3 is 0 Å². The van der Waals surface area contributed by atoms with E-state index in [1.54, 1.807) is 49.6 Å². The molecule has 5 rings (SSSR count). The van der Waals surface area contributed by atoms with Crippen molar-refractivity contribution in [3.05, 3.63) is 120 Å². The van der Waals surface area contributed by atoms with Gasteiger partial charge in [-0.05, 0) is 74.2 Å². The van der Waals surface area contributed by atoms with Crippen LogP contribution in [0.2, 0.25) is 0 Å². The normalized spacial score (nSPS) is 17.1. The van der Waals surface area contributed by atoms with E-state index in [0.717, 1.165) is 22.3 Å². The van der Waals surface area contributed by atoms with Gasteiger partial charge in [0.05, 0.1) is 50.3 Å². The minimum absolute atomic E-state index is 0.127. The molecule has 0 saturated carbocycles. The monoisotopic (exact) mass is 820 g/mol. The Bertz CT molecular complexity index is 1620. The number of hydrogen-bond donors (Lipinski definition) is 4. The molecule has 16 nitrogen and oxygen atoms in total. The fraction of sp³-hybridized carbons (Fsp3) is 0.455. The third-order valence-electron chi connectivity index (χ3n) is 10.6. The van der Waals surface area contributed by atoms with Crippen LogP contribution in [-0.4, -0.2) is 142 Å². The van der Waals surface area contributed by atoms with Crippen molar-refractivity contribution >= 4 is 23.6 Å². The maximum absolute atomic E-state index is 13.5. The molecule has 0 bridgehead atoms. The van der Waals surface area contributed by atoms with Crippen LogP contribution in [-0.2, 0) is 19.2 Å². The van der Waals surface area contributed by atoms with Gasteiger partial charge in [-0.1, -0.05) is 24.3 Å². The van der Waals surface area contributed by atoms with Crippen LogP contribution in [0.15, 0.2) is 98.1 Å². The highest BCUT2D eigenvalue weighted by Crippen LogP contribution is 2.13. The molecule has 4 atom stereocenters. The summed E-state index contributed by atoms with van der Waals surface area (Å²) in [6, 6.07) is 14.1. The summed E-state index contributed by atoms with van der Waals surface area (Å²) in [5, 5.41) is 12.4. The Morgan fingerprint density at radius 1 is 0.417 bits per heavy atom. The minimum atomic E-state index is -0.238. The predicted molar refractivity (Wildman–Crippen MR) is 229 cm³/mol. The zero-order chi connectivity index (χ0) is 42.7. The summed E-state index contributed by atoms with van der Waals surface area (Å²) in [5.41, 5.74) is 3.61. The van der Waals surface area contributed by atoms with Gasteiger partial charge in [-0.3, -0.25) is 58.7 Å². The van der Waals surface area contributed by atoms with Gasteiger partial charge in [-0.15, -0.1) is 0 Å². The molecule has 4 amide bonds. The van der Waals surface area contributed by atoms with E-state index in [9.17, 15) is 19.2 Å². The second-order valence-electron chi connectivity index (χ2n) is 15.4. The van der Waals surface area contributed by atoms with Gasteiger partial charge in [-0.2, -0.15) is 0 Å². The highest BCUT2D eigenvalue weighted by Gasteiger charge is 2.24. The van der Waals surface area contributed by atoms with E-state index in [1.807, 2.05) is 76.2 Å². The summed E-state index contributed by atoms with van der Waals surface area (Å²) in [6.07, 6.45) is 13.8. The van der Waals surface area contributed by atoms with Crippen molar-refractivity contribution in [1.82, 2.24) is 60.8 Å². The van der Waals surface area contributed by atoms with Crippen molar-refractivity contribution in [2.75, 3.05) is 78.5 Å². The van der Waals surface area contributed by atoms with Crippen LogP contribution < -0.4 is 21.3 Å². The molecule has 0 radical (unpaired) electrons. The van der Waals surface area contributed by atoms with Gasteiger partial charge in [0.1, 0.15) is 0 Å². The third-order valence-corrected chi connectivity index (χ3v) is 10.6. The first-order valence-corrected chi connectivity index (χ1v) is 20.7. The third kappa shape index (κ3) is 15.5. The Morgan fingerprint density at radius 2 is 0.617 bits per heavy atom. The molecule has 1 aliphatic heterocycles. The summed E-state index contributed by atoms with van der Waals surface area (Å²) in [5.74, 6) is -0.554. The van der Waals surface area contributed by atoms with Crippen molar-refractivity contribution in [3.8, 4) is 0 Å². The number of pyridine rings is 4. The molecule has 0 aliphatic carbocycles. The van der Waals surface area contributed by atoms with Gasteiger partial charge in [0.25, 0.3) is 0 Å². The lowest BCUT2D eigenvalue weighted by Crippen LogP contribution is -2.51. The molecule has 60 heavy (non-hydrogen) atoms. The van der Waals surface area contributed by atoms with Crippen molar-refractivity contribution < 1.29 is 19.2 Å². The number of hydrogen-bond acceptors (Lipinski definition) is 12. The van der Waals surface area contributed by atoms with E-state index in [4.69, 9.17) is 0 Å². The number of carbonyl (C=O) groups is 4. The highest BCUT2D eigenvalue weighted by atomic mass is 16.2. The topological polar surface area (TPSA) is 181 Å². The van der Waals surface area contributed by atoms with E-state index >= 15 is 0 Å². The smallest absolute Gasteiger partial charge is 0.234 e. The number of amides is 4. The summed E-state index contributed by atoms with van der Waals surface area (Å²) >= 11 is 0. The first-order valence-electron chi connectivity index (χ1n) is 20.7. The molecule has 1 aliphatic rings. The number of nitrogens with one attached hydrogen (secondary N) is 4. The molecule has 1 fully saturated rings. The maximum atomic E-state index is 13.5. The lowest BCUT2D eigenvalue weighted by atomic mass is 10.1. The number of carbonyl (C=O) groups excluding carboxylic acids is 4. The van der Waals surface area contributed by atoms with E-state index in [0.29, 0.717) is 52.4 Å². The zero-order valence-electron chi connectivity index (χ0n) is 35.2. The van der Waals surface area contributed by atoms with Crippen LogP contribution in [0, 0.1) is 0 Å². The fourth-order valence-corrected chi connectivity index (χ4v) is 7.03. The van der Waals surface area contributed by atoms with Gasteiger partial charge in [0.2, 0.25) is 23.6 Å². The molecule has 16 heteroatoms. The van der Waals surface area contributed by atoms with Crippen molar-refractivity contribution in [2.24, 2.45) is 0 Å². The summed E-state index contributed by atoms with van der Waals surface area (Å²) in [7, 11) is 0. The largest absolute Gasteiger partial charge is 0.348 e. The molecule has 4 N–H and O–H groups in total. The first kappa shape index (κ1) is 45.4. The molecule has 4 aromatic rings. The lowest BCUT2D eigenvalue weighted by Gasteiger charge is -2.34. The van der Waals surface area contributed by atoms with E-state index in [-0.39, 0.29) is 74.0 Å². The number of nitrogens with zero attached hydrogens (tertiary/aromatic N) is 8. The molecule has 0 unspecified atom stereocenters. The second kappa shape index (κ2) is 23.8. The summed E-state index contributed by atoms with van der Waals surface area (Å²) in [6.45, 7) is 12.1. The van der Waals surface area contributed by atoms with Crippen LogP contribution in [0.3, 0.4) is 0 Å². The van der Waals surface area contributed by atoms with E-state index in [2.05, 4.69) is 60.8 Å². The van der Waals surface area contributed by atoms with Crippen LogP contribution >= 0.6 is 0 Å². The summed E-state index contributed by atoms with van der Waals surface area (Å²) in [4.78, 5) is 79.2. The van der Waals surface area contributed by atoms with Gasteiger partial charge in [0, 0.05) is 102 Å². The van der Waals surface area contributed by atoms with Crippen LogP contribution in [0.1, 0.15) is 74.1 Å². The molecule has 0 aromatic carbocycles. The molecule has 320 valence electrons. The minimum Gasteiger partial charge on any atom is -0.348 e. The van der Waals surface area contributed by atoms with Crippen LogP contribution in [0.5, 0.6) is 0 Å². The SMILES string of the molecule is C[C@@H](NC(=O)CN1CCN(CC(=O)N[C@H](C)c2cccnc2)CCN(CC(=O)N[C@H](C)c2cccnc2)CCN(CC(=O)N[C@H](C)c2cccnc2)CC1)c1cccnc1. The Labute approximate surface area is 353 Å². The van der Waals surface area contributed by atoms with Crippen LogP contribution in [0.25, 0.3) is 0 Å². The fourth-order valence-electron chi connectivity index (χ4n) is 7.03. The highest BCUT2D eigenvalue weighted by molar-refractivity contribution is 5.80.